The average Bonchev–Trinajstić information content (AvgIpc) is 2.73. The smallest absolute Gasteiger partial charge is 0.235 e. The second-order valence-electron chi connectivity index (χ2n) is 7.36. The molecule has 0 radical (unpaired) electrons. The predicted molar refractivity (Wildman–Crippen MR) is 107 cm³/mol. The largest absolute Gasteiger partial charge is 0.872 e. The van der Waals surface area contributed by atoms with Crippen LogP contribution in [-0.4, -0.2) is 45.2 Å². The number of piperazine rings is 1. The van der Waals surface area contributed by atoms with Crippen LogP contribution in [0.4, 0.5) is 0 Å². The fourth-order valence-corrected chi connectivity index (χ4v) is 3.61. The summed E-state index contributed by atoms with van der Waals surface area (Å²) >= 11 is 0. The van der Waals surface area contributed by atoms with Crippen LogP contribution in [0.2, 0.25) is 0 Å². The molecule has 1 fully saturated rings. The second kappa shape index (κ2) is 8.14. The molecule has 2 aromatic carbocycles. The highest BCUT2D eigenvalue weighted by Crippen LogP contribution is 2.28. The first-order chi connectivity index (χ1) is 14.0. The first-order valence-corrected chi connectivity index (χ1v) is 9.63. The van der Waals surface area contributed by atoms with Crippen LogP contribution in [0, 0.1) is 0 Å². The van der Waals surface area contributed by atoms with Gasteiger partial charge in [0.15, 0.2) is 0 Å². The van der Waals surface area contributed by atoms with Crippen LogP contribution in [0.15, 0.2) is 51.9 Å². The zero-order valence-electron chi connectivity index (χ0n) is 16.6. The standard InChI is InChI=1S/C22H24N2O5/c1-23-8-10-24(11-9-23)13-18-19(25)7-6-17-21(26)20(14-28-22(17)18)29-16-5-3-4-15(12-16)27-2/h3-7,12,14,25H,8-11,13H2,1-2H3. The maximum atomic E-state index is 13.0. The maximum absolute atomic E-state index is 13.0. The average molecular weight is 396 g/mol. The Balaban J connectivity index is 1.66. The van der Waals surface area contributed by atoms with E-state index in [-0.39, 0.29) is 16.9 Å². The molecule has 2 heterocycles. The van der Waals surface area contributed by atoms with Crippen molar-refractivity contribution in [3.8, 4) is 23.0 Å². The third kappa shape index (κ3) is 4.06. The van der Waals surface area contributed by atoms with Crippen molar-refractivity contribution >= 4 is 11.0 Å². The van der Waals surface area contributed by atoms with E-state index >= 15 is 0 Å². The number of benzene rings is 2. The number of nitrogens with zero attached hydrogens (tertiary/aromatic N) is 1. The van der Waals surface area contributed by atoms with Gasteiger partial charge < -0.3 is 23.9 Å². The Morgan fingerprint density at radius 1 is 1.17 bits per heavy atom. The molecule has 4 rings (SSSR count). The van der Waals surface area contributed by atoms with Gasteiger partial charge in [-0.2, -0.15) is 0 Å². The van der Waals surface area contributed by atoms with E-state index in [0.29, 0.717) is 34.6 Å². The molecule has 152 valence electrons. The van der Waals surface area contributed by atoms with Crippen molar-refractivity contribution in [1.29, 1.82) is 0 Å². The Morgan fingerprint density at radius 3 is 2.69 bits per heavy atom. The fourth-order valence-electron chi connectivity index (χ4n) is 3.61. The quantitative estimate of drug-likeness (QED) is 0.693. The molecule has 0 aliphatic carbocycles. The van der Waals surface area contributed by atoms with E-state index in [1.165, 1.54) is 23.3 Å². The highest BCUT2D eigenvalue weighted by Gasteiger charge is 2.20. The number of ether oxygens (including phenoxy) is 2. The van der Waals surface area contributed by atoms with Crippen LogP contribution in [-0.2, 0) is 6.54 Å². The molecule has 29 heavy (non-hydrogen) atoms. The summed E-state index contributed by atoms with van der Waals surface area (Å²) in [6.45, 7) is 4.41. The minimum absolute atomic E-state index is 0.0716. The van der Waals surface area contributed by atoms with E-state index in [1.807, 2.05) is 0 Å². The fraction of sp³-hybridized carbons (Fsp3) is 0.318. The van der Waals surface area contributed by atoms with Gasteiger partial charge in [-0.25, -0.2) is 0 Å². The van der Waals surface area contributed by atoms with Gasteiger partial charge in [0, 0.05) is 24.7 Å². The van der Waals surface area contributed by atoms with Crippen LogP contribution in [0.5, 0.6) is 23.0 Å². The van der Waals surface area contributed by atoms with Crippen LogP contribution in [0.3, 0.4) is 0 Å². The highest BCUT2D eigenvalue weighted by molar-refractivity contribution is 5.82. The Kier molecular flexibility index (Phi) is 5.42. The first kappa shape index (κ1) is 19.3. The lowest BCUT2D eigenvalue weighted by Gasteiger charge is -2.30. The molecule has 1 aromatic heterocycles. The van der Waals surface area contributed by atoms with Gasteiger partial charge in [-0.3, -0.25) is 9.69 Å². The lowest BCUT2D eigenvalue weighted by Crippen LogP contribution is -3.13. The van der Waals surface area contributed by atoms with Gasteiger partial charge in [-0.1, -0.05) is 17.9 Å². The molecular weight excluding hydrogens is 372 g/mol. The first-order valence-electron chi connectivity index (χ1n) is 9.63. The predicted octanol–water partition coefficient (Wildman–Crippen LogP) is 0.998. The number of likely N-dealkylation sites (N-methyl/N-ethyl adjacent to an activating group) is 1. The molecule has 0 atom stereocenters. The highest BCUT2D eigenvalue weighted by atomic mass is 16.5. The van der Waals surface area contributed by atoms with Crippen LogP contribution < -0.4 is 24.9 Å². The van der Waals surface area contributed by atoms with Gasteiger partial charge in [-0.05, 0) is 25.2 Å². The summed E-state index contributed by atoms with van der Waals surface area (Å²) in [4.78, 5) is 16.5. The number of quaternary nitrogens is 1. The molecule has 3 aromatic rings. The third-order valence-electron chi connectivity index (χ3n) is 5.36. The van der Waals surface area contributed by atoms with Gasteiger partial charge in [0.1, 0.15) is 29.9 Å². The number of hydrogen-bond acceptors (Lipinski definition) is 6. The van der Waals surface area contributed by atoms with Crippen molar-refractivity contribution in [3.05, 3.63) is 58.4 Å². The monoisotopic (exact) mass is 396 g/mol. The summed E-state index contributed by atoms with van der Waals surface area (Å²) in [6.07, 6.45) is 1.28. The van der Waals surface area contributed by atoms with Gasteiger partial charge >= 0.3 is 0 Å². The topological polar surface area (TPSA) is 79.4 Å². The minimum Gasteiger partial charge on any atom is -0.872 e. The molecule has 0 amide bonds. The van der Waals surface area contributed by atoms with Crippen molar-refractivity contribution in [2.45, 2.75) is 6.54 Å². The normalized spacial score (nSPS) is 15.5. The number of methoxy groups -OCH3 is 1. The Hall–Kier alpha value is -3.03. The maximum Gasteiger partial charge on any atom is 0.235 e. The van der Waals surface area contributed by atoms with Gasteiger partial charge in [0.05, 0.1) is 25.6 Å². The van der Waals surface area contributed by atoms with E-state index < -0.39 is 0 Å². The van der Waals surface area contributed by atoms with E-state index in [9.17, 15) is 9.90 Å². The molecule has 0 unspecified atom stereocenters. The summed E-state index contributed by atoms with van der Waals surface area (Å²) in [6, 6.07) is 9.95. The molecule has 0 saturated carbocycles. The summed E-state index contributed by atoms with van der Waals surface area (Å²) < 4.78 is 16.6. The SMILES string of the molecule is COc1cccc(Oc2coc3c(C[NH+]4CCN(C)CC4)c([O-])ccc3c2=O)c1. The van der Waals surface area contributed by atoms with E-state index in [0.717, 1.165) is 26.2 Å². The second-order valence-corrected chi connectivity index (χ2v) is 7.36. The van der Waals surface area contributed by atoms with E-state index in [1.54, 1.807) is 31.4 Å². The summed E-state index contributed by atoms with van der Waals surface area (Å²) in [5.41, 5.74) is 0.600. The lowest BCUT2D eigenvalue weighted by molar-refractivity contribution is -0.918. The zero-order valence-corrected chi connectivity index (χ0v) is 16.6. The minimum atomic E-state index is -0.302. The van der Waals surface area contributed by atoms with E-state index in [2.05, 4.69) is 11.9 Å². The molecule has 1 aliphatic rings. The number of hydrogen-bond donors (Lipinski definition) is 1. The van der Waals surface area contributed by atoms with Crippen molar-refractivity contribution < 1.29 is 23.9 Å². The number of fused-ring (bicyclic) bond motifs is 1. The Labute approximate surface area is 168 Å². The van der Waals surface area contributed by atoms with Gasteiger partial charge in [0.25, 0.3) is 0 Å². The molecule has 1 aliphatic heterocycles. The third-order valence-corrected chi connectivity index (χ3v) is 5.36. The number of rotatable bonds is 5. The Morgan fingerprint density at radius 2 is 1.93 bits per heavy atom. The molecule has 1 saturated heterocycles. The van der Waals surface area contributed by atoms with Crippen molar-refractivity contribution in [3.63, 3.8) is 0 Å². The van der Waals surface area contributed by atoms with Gasteiger partial charge in [0.2, 0.25) is 11.2 Å². The van der Waals surface area contributed by atoms with Gasteiger partial charge in [-0.15, -0.1) is 0 Å². The van der Waals surface area contributed by atoms with Crippen molar-refractivity contribution in [2.75, 3.05) is 40.3 Å². The van der Waals surface area contributed by atoms with Crippen molar-refractivity contribution in [1.82, 2.24) is 4.90 Å². The Bertz CT molecular complexity index is 1070. The molecule has 7 nitrogen and oxygen atoms in total. The van der Waals surface area contributed by atoms with Crippen molar-refractivity contribution in [2.24, 2.45) is 0 Å². The lowest BCUT2D eigenvalue weighted by atomic mass is 10.1. The molecular formula is C22H24N2O5. The van der Waals surface area contributed by atoms with Crippen LogP contribution >= 0.6 is 0 Å². The molecule has 1 N–H and O–H groups in total. The summed E-state index contributed by atoms with van der Waals surface area (Å²) in [5.74, 6) is 1.07. The zero-order chi connectivity index (χ0) is 20.4. The van der Waals surface area contributed by atoms with E-state index in [4.69, 9.17) is 13.9 Å². The summed E-state index contributed by atoms with van der Waals surface area (Å²) in [5, 5.41) is 12.9. The molecule has 0 bridgehead atoms. The number of nitrogens with one attached hydrogen (secondary N) is 1. The van der Waals surface area contributed by atoms with Crippen LogP contribution in [0.1, 0.15) is 5.56 Å². The van der Waals surface area contributed by atoms with Crippen LogP contribution in [0.25, 0.3) is 11.0 Å². The molecule has 0 spiro atoms. The molecule has 7 heteroatoms. The summed E-state index contributed by atoms with van der Waals surface area (Å²) in [7, 11) is 3.66.